The maximum absolute atomic E-state index is 6.96. The summed E-state index contributed by atoms with van der Waals surface area (Å²) >= 11 is 0. The normalized spacial score (nSPS) is 16.7. The van der Waals surface area contributed by atoms with Crippen molar-refractivity contribution < 1.29 is 4.42 Å². The number of nitrogens with zero attached hydrogens (tertiary/aromatic N) is 2. The van der Waals surface area contributed by atoms with Gasteiger partial charge in [-0.3, -0.25) is 4.99 Å². The third-order valence-electron chi connectivity index (χ3n) is 11.6. The van der Waals surface area contributed by atoms with Crippen molar-refractivity contribution in [2.75, 3.05) is 0 Å². The minimum atomic E-state index is 0.178. The summed E-state index contributed by atoms with van der Waals surface area (Å²) in [5.41, 5.74) is 15.5. The van der Waals surface area contributed by atoms with Gasteiger partial charge in [-0.25, -0.2) is 0 Å². The molecule has 0 N–H and O–H groups in total. The van der Waals surface area contributed by atoms with E-state index in [-0.39, 0.29) is 11.8 Å². The fourth-order valence-electron chi connectivity index (χ4n) is 8.95. The third kappa shape index (κ3) is 5.01. The molecule has 9 aromatic rings. The van der Waals surface area contributed by atoms with E-state index >= 15 is 0 Å². The van der Waals surface area contributed by atoms with E-state index in [1.54, 1.807) is 0 Å². The average Bonchev–Trinajstić information content (AvgIpc) is 3.80. The SMILES string of the molecule is CC1C(c2cccc3oc4c(-n5c6ccc(-c7ccccc7)cc6c6cc(-c7ccccc7)ccc65)cccc4c23)=NC(c2ccccc2)=C2C=CC=CC21. The van der Waals surface area contributed by atoms with Gasteiger partial charge in [0.1, 0.15) is 5.58 Å². The number of rotatable bonds is 5. The molecular weight excluding hydrogens is 669 g/mol. The molecule has 55 heavy (non-hydrogen) atoms. The number of hydrogen-bond donors (Lipinski definition) is 0. The van der Waals surface area contributed by atoms with Crippen molar-refractivity contribution in [3.8, 4) is 27.9 Å². The molecule has 0 bridgehead atoms. The van der Waals surface area contributed by atoms with E-state index in [1.165, 1.54) is 38.6 Å². The predicted molar refractivity (Wildman–Crippen MR) is 230 cm³/mol. The summed E-state index contributed by atoms with van der Waals surface area (Å²) < 4.78 is 9.35. The van der Waals surface area contributed by atoms with Crippen LogP contribution in [0.1, 0.15) is 18.1 Å². The Morgan fingerprint density at radius 3 is 1.82 bits per heavy atom. The fourth-order valence-corrected chi connectivity index (χ4v) is 8.95. The van der Waals surface area contributed by atoms with Crippen LogP contribution in [0.2, 0.25) is 0 Å². The zero-order valence-corrected chi connectivity index (χ0v) is 30.4. The Labute approximate surface area is 319 Å². The molecule has 1 aliphatic heterocycles. The van der Waals surface area contributed by atoms with Crippen molar-refractivity contribution in [3.63, 3.8) is 0 Å². The van der Waals surface area contributed by atoms with Gasteiger partial charge in [0.15, 0.2) is 5.58 Å². The summed E-state index contributed by atoms with van der Waals surface area (Å²) in [6, 6.07) is 58.6. The van der Waals surface area contributed by atoms with Crippen molar-refractivity contribution in [2.45, 2.75) is 6.92 Å². The van der Waals surface area contributed by atoms with Crippen LogP contribution in [0.5, 0.6) is 0 Å². The van der Waals surface area contributed by atoms with Crippen LogP contribution in [0.3, 0.4) is 0 Å². The summed E-state index contributed by atoms with van der Waals surface area (Å²) in [5.74, 6) is 0.410. The zero-order chi connectivity index (χ0) is 36.5. The first-order valence-electron chi connectivity index (χ1n) is 19.1. The molecule has 2 unspecified atom stereocenters. The maximum Gasteiger partial charge on any atom is 0.159 e. The molecular formula is C52H36N2O. The molecule has 1 aliphatic carbocycles. The number of allylic oxidation sites excluding steroid dienone is 5. The number of benzene rings is 7. The molecule has 0 fully saturated rings. The Hall–Kier alpha value is -6.97. The second kappa shape index (κ2) is 12.6. The van der Waals surface area contributed by atoms with E-state index in [1.807, 2.05) is 0 Å². The van der Waals surface area contributed by atoms with E-state index in [2.05, 4.69) is 200 Å². The predicted octanol–water partition coefficient (Wildman–Crippen LogP) is 13.6. The van der Waals surface area contributed by atoms with Gasteiger partial charge in [-0.05, 0) is 64.2 Å². The van der Waals surface area contributed by atoms with Gasteiger partial charge in [0.05, 0.1) is 28.1 Å². The van der Waals surface area contributed by atoms with Crippen molar-refractivity contribution in [1.29, 1.82) is 0 Å². The number of furan rings is 1. The Morgan fingerprint density at radius 2 is 1.16 bits per heavy atom. The molecule has 2 aromatic heterocycles. The highest BCUT2D eigenvalue weighted by atomic mass is 16.3. The van der Waals surface area contributed by atoms with Gasteiger partial charge in [0, 0.05) is 44.5 Å². The minimum absolute atomic E-state index is 0.178. The lowest BCUT2D eigenvalue weighted by atomic mass is 9.75. The summed E-state index contributed by atoms with van der Waals surface area (Å²) in [6.45, 7) is 2.31. The van der Waals surface area contributed by atoms with Crippen LogP contribution < -0.4 is 0 Å². The molecule has 2 aliphatic rings. The molecule has 3 heterocycles. The Bertz CT molecular complexity index is 2990. The first-order valence-corrected chi connectivity index (χ1v) is 19.1. The van der Waals surface area contributed by atoms with Gasteiger partial charge in [-0.1, -0.05) is 159 Å². The Balaban J connectivity index is 1.15. The van der Waals surface area contributed by atoms with Crippen LogP contribution >= 0.6 is 0 Å². The third-order valence-corrected chi connectivity index (χ3v) is 11.6. The standard InChI is InChI=1S/C52H36N2O/c1-33-39-21-11-12-22-40(39)51(36-19-9-4-10-20-36)53-50(33)41-23-14-26-48-49(41)42-24-13-25-47(52(42)55-48)54-45-29-27-37(34-15-5-2-6-16-34)31-43(45)44-32-38(28-30-46(44)54)35-17-7-3-8-18-35/h2-33,39H,1H3. The second-order valence-electron chi connectivity index (χ2n) is 14.7. The largest absolute Gasteiger partial charge is 0.454 e. The fraction of sp³-hybridized carbons (Fsp3) is 0.0577. The average molecular weight is 705 g/mol. The van der Waals surface area contributed by atoms with E-state index in [4.69, 9.17) is 9.41 Å². The summed E-state index contributed by atoms with van der Waals surface area (Å²) in [7, 11) is 0. The number of fused-ring (bicyclic) bond motifs is 7. The molecule has 260 valence electrons. The van der Waals surface area contributed by atoms with Crippen LogP contribution in [-0.2, 0) is 0 Å². The minimum Gasteiger partial charge on any atom is -0.454 e. The molecule has 0 radical (unpaired) electrons. The van der Waals surface area contributed by atoms with Crippen LogP contribution in [0.15, 0.2) is 203 Å². The van der Waals surface area contributed by atoms with Gasteiger partial charge in [-0.2, -0.15) is 0 Å². The van der Waals surface area contributed by atoms with Gasteiger partial charge >= 0.3 is 0 Å². The van der Waals surface area contributed by atoms with Gasteiger partial charge in [0.25, 0.3) is 0 Å². The van der Waals surface area contributed by atoms with Crippen molar-refractivity contribution in [2.24, 2.45) is 16.8 Å². The van der Waals surface area contributed by atoms with Gasteiger partial charge in [0.2, 0.25) is 0 Å². The molecule has 11 rings (SSSR count). The Kier molecular flexibility index (Phi) is 7.21. The maximum atomic E-state index is 6.96. The van der Waals surface area contributed by atoms with E-state index in [0.29, 0.717) is 0 Å². The quantitative estimate of drug-likeness (QED) is 0.175. The summed E-state index contributed by atoms with van der Waals surface area (Å²) in [5, 5.41) is 4.61. The second-order valence-corrected chi connectivity index (χ2v) is 14.7. The highest BCUT2D eigenvalue weighted by Crippen LogP contribution is 2.44. The molecule has 0 saturated heterocycles. The molecule has 7 aromatic carbocycles. The molecule has 0 amide bonds. The molecule has 0 spiro atoms. The van der Waals surface area contributed by atoms with Crippen molar-refractivity contribution >= 4 is 55.2 Å². The highest BCUT2D eigenvalue weighted by Gasteiger charge is 2.33. The lowest BCUT2D eigenvalue weighted by Crippen LogP contribution is -2.27. The monoisotopic (exact) mass is 704 g/mol. The topological polar surface area (TPSA) is 30.4 Å². The van der Waals surface area contributed by atoms with Gasteiger partial charge in [-0.15, -0.1) is 0 Å². The number of para-hydroxylation sites is 1. The first kappa shape index (κ1) is 31.5. The van der Waals surface area contributed by atoms with E-state index in [0.717, 1.165) is 61.2 Å². The summed E-state index contributed by atoms with van der Waals surface area (Å²) in [6.07, 6.45) is 8.88. The van der Waals surface area contributed by atoms with E-state index in [9.17, 15) is 0 Å². The zero-order valence-electron chi connectivity index (χ0n) is 30.4. The van der Waals surface area contributed by atoms with Gasteiger partial charge < -0.3 is 8.98 Å². The smallest absolute Gasteiger partial charge is 0.159 e. The first-order chi connectivity index (χ1) is 27.2. The molecule has 3 heteroatoms. The lowest BCUT2D eigenvalue weighted by Gasteiger charge is -2.32. The number of aromatic nitrogens is 1. The highest BCUT2D eigenvalue weighted by molar-refractivity contribution is 6.22. The van der Waals surface area contributed by atoms with Crippen molar-refractivity contribution in [1.82, 2.24) is 4.57 Å². The number of aliphatic imine (C=N–C) groups is 1. The van der Waals surface area contributed by atoms with Crippen LogP contribution in [0.25, 0.3) is 77.4 Å². The number of hydrogen-bond acceptors (Lipinski definition) is 2. The van der Waals surface area contributed by atoms with Crippen LogP contribution in [0, 0.1) is 11.8 Å². The summed E-state index contributed by atoms with van der Waals surface area (Å²) in [4.78, 5) is 5.51. The molecule has 0 saturated carbocycles. The molecule has 2 atom stereocenters. The molecule has 3 nitrogen and oxygen atoms in total. The lowest BCUT2D eigenvalue weighted by molar-refractivity contribution is 0.617. The Morgan fingerprint density at radius 1 is 0.545 bits per heavy atom. The van der Waals surface area contributed by atoms with Crippen LogP contribution in [0.4, 0.5) is 0 Å². The van der Waals surface area contributed by atoms with Crippen LogP contribution in [-0.4, -0.2) is 10.3 Å². The van der Waals surface area contributed by atoms with E-state index < -0.39 is 0 Å². The van der Waals surface area contributed by atoms with Crippen molar-refractivity contribution in [3.05, 3.63) is 205 Å².